The van der Waals surface area contributed by atoms with Crippen molar-refractivity contribution >= 4 is 5.91 Å². The van der Waals surface area contributed by atoms with E-state index >= 15 is 0 Å². The zero-order valence-electron chi connectivity index (χ0n) is 18.8. The molecule has 0 saturated heterocycles. The van der Waals surface area contributed by atoms with Gasteiger partial charge in [0.2, 0.25) is 0 Å². The van der Waals surface area contributed by atoms with Crippen LogP contribution in [0, 0.1) is 0 Å². The second kappa shape index (κ2) is 11.0. The zero-order chi connectivity index (χ0) is 22.9. The second-order valence-electron chi connectivity index (χ2n) is 7.82. The van der Waals surface area contributed by atoms with Crippen molar-refractivity contribution in [3.8, 4) is 11.5 Å². The van der Waals surface area contributed by atoms with Crippen LogP contribution in [0.3, 0.4) is 0 Å². The Morgan fingerprint density at radius 1 is 0.788 bits per heavy atom. The van der Waals surface area contributed by atoms with Gasteiger partial charge in [0, 0.05) is 25.0 Å². The lowest BCUT2D eigenvalue weighted by atomic mass is 10.2. The smallest absolute Gasteiger partial charge is 0.261 e. The molecule has 0 fully saturated rings. The third-order valence-electron chi connectivity index (χ3n) is 5.44. The lowest BCUT2D eigenvalue weighted by Crippen LogP contribution is -2.34. The highest BCUT2D eigenvalue weighted by Gasteiger charge is 2.17. The molecule has 0 aliphatic carbocycles. The highest BCUT2D eigenvalue weighted by atomic mass is 16.5. The SMILES string of the molecule is COc1cccc(Cn2cccc2CN(Cc2ccccc2)C(=O)COc2ccccc2)c1. The lowest BCUT2D eigenvalue weighted by molar-refractivity contribution is -0.134. The predicted octanol–water partition coefficient (Wildman–Crippen LogP) is 5.15. The Balaban J connectivity index is 1.50. The number of benzene rings is 3. The average Bonchev–Trinajstić information content (AvgIpc) is 3.30. The standard InChI is InChI=1S/C28H28N2O3/c1-32-27-16-8-12-24(18-27)20-29-17-9-13-25(29)21-30(19-23-10-4-2-5-11-23)28(31)22-33-26-14-6-3-7-15-26/h2-18H,19-22H2,1H3. The fourth-order valence-corrected chi connectivity index (χ4v) is 3.70. The highest BCUT2D eigenvalue weighted by molar-refractivity contribution is 5.77. The first-order valence-electron chi connectivity index (χ1n) is 11.0. The summed E-state index contributed by atoms with van der Waals surface area (Å²) in [6.07, 6.45) is 2.04. The summed E-state index contributed by atoms with van der Waals surface area (Å²) in [5.74, 6) is 1.46. The van der Waals surface area contributed by atoms with Gasteiger partial charge < -0.3 is 18.9 Å². The van der Waals surface area contributed by atoms with Crippen molar-refractivity contribution in [2.24, 2.45) is 0 Å². The van der Waals surface area contributed by atoms with Crippen LogP contribution >= 0.6 is 0 Å². The van der Waals surface area contributed by atoms with E-state index in [0.29, 0.717) is 25.4 Å². The van der Waals surface area contributed by atoms with Crippen LogP contribution in [0.4, 0.5) is 0 Å². The molecule has 4 aromatic rings. The van der Waals surface area contributed by atoms with Crippen LogP contribution in [-0.2, 0) is 24.4 Å². The fourth-order valence-electron chi connectivity index (χ4n) is 3.70. The number of nitrogens with zero attached hydrogens (tertiary/aromatic N) is 2. The molecule has 168 valence electrons. The first-order valence-corrected chi connectivity index (χ1v) is 11.0. The minimum atomic E-state index is -0.0585. The van der Waals surface area contributed by atoms with Gasteiger partial charge in [0.05, 0.1) is 13.7 Å². The van der Waals surface area contributed by atoms with E-state index in [4.69, 9.17) is 9.47 Å². The van der Waals surface area contributed by atoms with Gasteiger partial charge in [-0.2, -0.15) is 0 Å². The molecule has 1 heterocycles. The van der Waals surface area contributed by atoms with Crippen LogP contribution in [0.5, 0.6) is 11.5 Å². The van der Waals surface area contributed by atoms with Gasteiger partial charge in [-0.15, -0.1) is 0 Å². The minimum absolute atomic E-state index is 0.00651. The van der Waals surface area contributed by atoms with Crippen LogP contribution in [0.25, 0.3) is 0 Å². The summed E-state index contributed by atoms with van der Waals surface area (Å²) >= 11 is 0. The maximum Gasteiger partial charge on any atom is 0.261 e. The van der Waals surface area contributed by atoms with E-state index in [9.17, 15) is 4.79 Å². The highest BCUT2D eigenvalue weighted by Crippen LogP contribution is 2.17. The second-order valence-corrected chi connectivity index (χ2v) is 7.82. The molecule has 5 nitrogen and oxygen atoms in total. The number of ether oxygens (including phenoxy) is 2. The molecular formula is C28H28N2O3. The van der Waals surface area contributed by atoms with Crippen molar-refractivity contribution in [2.45, 2.75) is 19.6 Å². The van der Waals surface area contributed by atoms with E-state index in [1.54, 1.807) is 7.11 Å². The molecule has 4 rings (SSSR count). The number of hydrogen-bond donors (Lipinski definition) is 0. The molecule has 1 aromatic heterocycles. The Labute approximate surface area is 194 Å². The Kier molecular flexibility index (Phi) is 7.44. The average molecular weight is 441 g/mol. The first-order chi connectivity index (χ1) is 16.2. The Bertz CT molecular complexity index is 1160. The maximum atomic E-state index is 13.2. The molecule has 0 aliphatic rings. The molecule has 3 aromatic carbocycles. The van der Waals surface area contributed by atoms with Crippen molar-refractivity contribution in [3.63, 3.8) is 0 Å². The van der Waals surface area contributed by atoms with E-state index in [1.807, 2.05) is 96.0 Å². The lowest BCUT2D eigenvalue weighted by Gasteiger charge is -2.24. The van der Waals surface area contributed by atoms with E-state index in [-0.39, 0.29) is 12.5 Å². The fraction of sp³-hybridized carbons (Fsp3) is 0.179. The van der Waals surface area contributed by atoms with Gasteiger partial charge in [-0.05, 0) is 47.5 Å². The number of amides is 1. The number of carbonyl (C=O) groups is 1. The van der Waals surface area contributed by atoms with Crippen molar-refractivity contribution in [3.05, 3.63) is 120 Å². The molecule has 0 spiro atoms. The Morgan fingerprint density at radius 3 is 2.24 bits per heavy atom. The molecule has 0 saturated carbocycles. The molecule has 5 heteroatoms. The van der Waals surface area contributed by atoms with Crippen molar-refractivity contribution < 1.29 is 14.3 Å². The molecular weight excluding hydrogens is 412 g/mol. The largest absolute Gasteiger partial charge is 0.497 e. The van der Waals surface area contributed by atoms with E-state index in [2.05, 4.69) is 16.7 Å². The Hall–Kier alpha value is -3.99. The van der Waals surface area contributed by atoms with Gasteiger partial charge in [0.25, 0.3) is 5.91 Å². The van der Waals surface area contributed by atoms with Gasteiger partial charge in [-0.25, -0.2) is 0 Å². The van der Waals surface area contributed by atoms with Crippen LogP contribution < -0.4 is 9.47 Å². The van der Waals surface area contributed by atoms with Gasteiger partial charge in [0.1, 0.15) is 11.5 Å². The number of hydrogen-bond acceptors (Lipinski definition) is 3. The van der Waals surface area contributed by atoms with Crippen LogP contribution in [-0.4, -0.2) is 29.1 Å². The summed E-state index contributed by atoms with van der Waals surface area (Å²) in [5.41, 5.74) is 3.28. The number of para-hydroxylation sites is 1. The third kappa shape index (κ3) is 6.26. The van der Waals surface area contributed by atoms with Gasteiger partial charge in [-0.3, -0.25) is 4.79 Å². The third-order valence-corrected chi connectivity index (χ3v) is 5.44. The molecule has 0 bridgehead atoms. The quantitative estimate of drug-likeness (QED) is 0.342. The molecule has 0 unspecified atom stereocenters. The van der Waals surface area contributed by atoms with Crippen molar-refractivity contribution in [1.29, 1.82) is 0 Å². The monoisotopic (exact) mass is 440 g/mol. The number of methoxy groups -OCH3 is 1. The van der Waals surface area contributed by atoms with E-state index < -0.39 is 0 Å². The summed E-state index contributed by atoms with van der Waals surface area (Å²) in [6, 6.07) is 31.6. The maximum absolute atomic E-state index is 13.2. The zero-order valence-corrected chi connectivity index (χ0v) is 18.8. The minimum Gasteiger partial charge on any atom is -0.497 e. The van der Waals surface area contributed by atoms with Crippen molar-refractivity contribution in [2.75, 3.05) is 13.7 Å². The summed E-state index contributed by atoms with van der Waals surface area (Å²) in [6.45, 7) is 1.70. The summed E-state index contributed by atoms with van der Waals surface area (Å²) in [4.78, 5) is 15.0. The normalized spacial score (nSPS) is 10.6. The van der Waals surface area contributed by atoms with E-state index in [1.165, 1.54) is 0 Å². The topological polar surface area (TPSA) is 43.7 Å². The van der Waals surface area contributed by atoms with Gasteiger partial charge >= 0.3 is 0 Å². The molecule has 33 heavy (non-hydrogen) atoms. The van der Waals surface area contributed by atoms with Crippen molar-refractivity contribution in [1.82, 2.24) is 9.47 Å². The molecule has 0 N–H and O–H groups in total. The first kappa shape index (κ1) is 22.2. The molecule has 0 aliphatic heterocycles. The number of rotatable bonds is 10. The molecule has 0 atom stereocenters. The van der Waals surface area contributed by atoms with Crippen LogP contribution in [0.1, 0.15) is 16.8 Å². The van der Waals surface area contributed by atoms with Gasteiger partial charge in [0.15, 0.2) is 6.61 Å². The summed E-state index contributed by atoms with van der Waals surface area (Å²) in [7, 11) is 1.67. The Morgan fingerprint density at radius 2 is 1.48 bits per heavy atom. The molecule has 1 amide bonds. The van der Waals surface area contributed by atoms with Gasteiger partial charge in [-0.1, -0.05) is 60.7 Å². The summed E-state index contributed by atoms with van der Waals surface area (Å²) in [5, 5.41) is 0. The predicted molar refractivity (Wildman–Crippen MR) is 129 cm³/mol. The van der Waals surface area contributed by atoms with E-state index in [0.717, 1.165) is 22.6 Å². The van der Waals surface area contributed by atoms with Crippen LogP contribution in [0.2, 0.25) is 0 Å². The number of carbonyl (C=O) groups excluding carboxylic acids is 1. The number of aromatic nitrogens is 1. The molecule has 0 radical (unpaired) electrons. The van der Waals surface area contributed by atoms with Crippen LogP contribution in [0.15, 0.2) is 103 Å². The summed E-state index contributed by atoms with van der Waals surface area (Å²) < 4.78 is 13.3.